The summed E-state index contributed by atoms with van der Waals surface area (Å²) in [5.41, 5.74) is 0.970. The lowest BCUT2D eigenvalue weighted by atomic mass is 9.86. The molecule has 1 aliphatic carbocycles. The molecule has 6 heteroatoms. The van der Waals surface area contributed by atoms with Gasteiger partial charge in [0.2, 0.25) is 0 Å². The maximum absolute atomic E-state index is 11.7. The zero-order valence-corrected chi connectivity index (χ0v) is 14.0. The average molecular weight is 339 g/mol. The molecule has 118 valence electrons. The third-order valence-corrected chi connectivity index (χ3v) is 5.21. The number of hydrogen-bond acceptors (Lipinski definition) is 5. The minimum atomic E-state index is -0.0458. The molecular weight excluding hydrogens is 320 g/mol. The Morgan fingerprint density at radius 1 is 1.41 bits per heavy atom. The Morgan fingerprint density at radius 3 is 2.91 bits per heavy atom. The topological polar surface area (TPSA) is 51.2 Å². The highest BCUT2D eigenvalue weighted by Gasteiger charge is 2.27. The summed E-state index contributed by atoms with van der Waals surface area (Å²) in [5, 5.41) is 5.16. The number of esters is 1. The number of aromatic nitrogens is 1. The lowest BCUT2D eigenvalue weighted by Gasteiger charge is -2.27. The van der Waals surface area contributed by atoms with Gasteiger partial charge in [-0.1, -0.05) is 22.9 Å². The van der Waals surface area contributed by atoms with Gasteiger partial charge in [0.15, 0.2) is 5.13 Å². The van der Waals surface area contributed by atoms with Crippen LogP contribution in [0, 0.1) is 5.92 Å². The molecule has 0 saturated heterocycles. The van der Waals surface area contributed by atoms with Gasteiger partial charge in [0.1, 0.15) is 0 Å². The second-order valence-corrected chi connectivity index (χ2v) is 7.04. The molecule has 0 atom stereocenters. The van der Waals surface area contributed by atoms with Crippen molar-refractivity contribution in [3.8, 4) is 0 Å². The molecular formula is C16H19ClN2O2S. The highest BCUT2D eigenvalue weighted by molar-refractivity contribution is 7.22. The monoisotopic (exact) mass is 338 g/mol. The fraction of sp³-hybridized carbons (Fsp3) is 0.500. The summed E-state index contributed by atoms with van der Waals surface area (Å²) in [6.07, 6.45) is 3.71. The van der Waals surface area contributed by atoms with Crippen LogP contribution >= 0.6 is 22.9 Å². The van der Waals surface area contributed by atoms with Crippen LogP contribution < -0.4 is 5.32 Å². The molecule has 1 fully saturated rings. The van der Waals surface area contributed by atoms with E-state index < -0.39 is 0 Å². The van der Waals surface area contributed by atoms with Gasteiger partial charge in [-0.25, -0.2) is 4.98 Å². The van der Waals surface area contributed by atoms with Crippen molar-refractivity contribution in [1.29, 1.82) is 0 Å². The largest absolute Gasteiger partial charge is 0.466 e. The minimum absolute atomic E-state index is 0.0458. The Kier molecular flexibility index (Phi) is 4.84. The molecule has 3 rings (SSSR count). The molecule has 0 unspecified atom stereocenters. The van der Waals surface area contributed by atoms with E-state index in [4.69, 9.17) is 16.3 Å². The van der Waals surface area contributed by atoms with Crippen LogP contribution in [-0.4, -0.2) is 23.6 Å². The Hall–Kier alpha value is -1.33. The van der Waals surface area contributed by atoms with Gasteiger partial charge in [-0.15, -0.1) is 0 Å². The van der Waals surface area contributed by atoms with E-state index in [0.717, 1.165) is 46.1 Å². The summed E-state index contributed by atoms with van der Waals surface area (Å²) in [4.78, 5) is 16.3. The summed E-state index contributed by atoms with van der Waals surface area (Å²) < 4.78 is 6.20. The second-order valence-electron chi connectivity index (χ2n) is 5.58. The van der Waals surface area contributed by atoms with Crippen molar-refractivity contribution >= 4 is 44.3 Å². The van der Waals surface area contributed by atoms with E-state index in [1.807, 2.05) is 25.1 Å². The Labute approximate surface area is 138 Å². The number of anilines is 1. The average Bonchev–Trinajstić information content (AvgIpc) is 2.89. The van der Waals surface area contributed by atoms with Crippen molar-refractivity contribution in [2.45, 2.75) is 38.6 Å². The van der Waals surface area contributed by atoms with Gasteiger partial charge in [-0.2, -0.15) is 0 Å². The third-order valence-electron chi connectivity index (χ3n) is 4.03. The number of hydrogen-bond donors (Lipinski definition) is 1. The number of carbonyl (C=O) groups excluding carboxylic acids is 1. The summed E-state index contributed by atoms with van der Waals surface area (Å²) in [6, 6.07) is 6.12. The van der Waals surface area contributed by atoms with E-state index in [0.29, 0.717) is 12.6 Å². The number of halogens is 1. The Balaban J connectivity index is 1.58. The zero-order valence-electron chi connectivity index (χ0n) is 12.5. The van der Waals surface area contributed by atoms with Crippen LogP contribution in [0.5, 0.6) is 0 Å². The van der Waals surface area contributed by atoms with Crippen molar-refractivity contribution in [2.24, 2.45) is 5.92 Å². The first-order valence-corrected chi connectivity index (χ1v) is 8.84. The number of thiazole rings is 1. The maximum Gasteiger partial charge on any atom is 0.308 e. The Morgan fingerprint density at radius 2 is 2.18 bits per heavy atom. The summed E-state index contributed by atoms with van der Waals surface area (Å²) >= 11 is 7.63. The molecule has 0 radical (unpaired) electrons. The fourth-order valence-electron chi connectivity index (χ4n) is 2.87. The highest BCUT2D eigenvalue weighted by atomic mass is 35.5. The van der Waals surface area contributed by atoms with Crippen molar-refractivity contribution in [3.05, 3.63) is 23.2 Å². The number of ether oxygens (including phenoxy) is 1. The first-order valence-electron chi connectivity index (χ1n) is 7.65. The van der Waals surface area contributed by atoms with Gasteiger partial charge in [0.25, 0.3) is 0 Å². The van der Waals surface area contributed by atoms with Gasteiger partial charge in [0.05, 0.1) is 22.7 Å². The van der Waals surface area contributed by atoms with Crippen molar-refractivity contribution in [3.63, 3.8) is 0 Å². The predicted molar refractivity (Wildman–Crippen MR) is 90.6 cm³/mol. The smallest absolute Gasteiger partial charge is 0.308 e. The second kappa shape index (κ2) is 6.84. The molecule has 1 saturated carbocycles. The van der Waals surface area contributed by atoms with Crippen molar-refractivity contribution in [2.75, 3.05) is 11.9 Å². The maximum atomic E-state index is 11.7. The summed E-state index contributed by atoms with van der Waals surface area (Å²) in [7, 11) is 0. The molecule has 2 aromatic rings. The number of carbonyl (C=O) groups is 1. The van der Waals surface area contributed by atoms with Crippen LogP contribution in [0.4, 0.5) is 5.13 Å². The SMILES string of the molecule is CCOC(=O)C1CCC(Nc2nc3ccc(Cl)cc3s2)CC1. The third kappa shape index (κ3) is 3.52. The number of fused-ring (bicyclic) bond motifs is 1. The number of benzene rings is 1. The molecule has 4 nitrogen and oxygen atoms in total. The molecule has 1 aliphatic rings. The van der Waals surface area contributed by atoms with Crippen molar-refractivity contribution in [1.82, 2.24) is 4.98 Å². The van der Waals surface area contributed by atoms with Crippen LogP contribution in [0.15, 0.2) is 18.2 Å². The van der Waals surface area contributed by atoms with Gasteiger partial charge >= 0.3 is 5.97 Å². The number of rotatable bonds is 4. The molecule has 0 spiro atoms. The quantitative estimate of drug-likeness (QED) is 0.835. The molecule has 1 heterocycles. The molecule has 0 bridgehead atoms. The van der Waals surface area contributed by atoms with Gasteiger partial charge in [0, 0.05) is 11.1 Å². The standard InChI is InChI=1S/C16H19ClN2O2S/c1-2-21-15(20)10-3-6-12(7-4-10)18-16-19-13-8-5-11(17)9-14(13)22-16/h5,8-10,12H,2-4,6-7H2,1H3,(H,18,19). The molecule has 1 N–H and O–H groups in total. The van der Waals surface area contributed by atoms with E-state index in [1.54, 1.807) is 11.3 Å². The van der Waals surface area contributed by atoms with Crippen LogP contribution in [0.2, 0.25) is 5.02 Å². The normalized spacial score (nSPS) is 21.7. The summed E-state index contributed by atoms with van der Waals surface area (Å²) in [5.74, 6) is 0.0164. The summed E-state index contributed by atoms with van der Waals surface area (Å²) in [6.45, 7) is 2.32. The van der Waals surface area contributed by atoms with E-state index in [9.17, 15) is 4.79 Å². The first-order chi connectivity index (χ1) is 10.7. The van der Waals surface area contributed by atoms with Gasteiger partial charge in [-0.3, -0.25) is 4.79 Å². The molecule has 0 amide bonds. The minimum Gasteiger partial charge on any atom is -0.466 e. The molecule has 1 aromatic carbocycles. The van der Waals surface area contributed by atoms with Crippen LogP contribution in [0.3, 0.4) is 0 Å². The highest BCUT2D eigenvalue weighted by Crippen LogP contribution is 2.32. The van der Waals surface area contributed by atoms with Gasteiger partial charge < -0.3 is 10.1 Å². The van der Waals surface area contributed by atoms with Crippen molar-refractivity contribution < 1.29 is 9.53 Å². The van der Waals surface area contributed by atoms with E-state index >= 15 is 0 Å². The lowest BCUT2D eigenvalue weighted by Crippen LogP contribution is -2.30. The molecule has 0 aliphatic heterocycles. The first kappa shape index (κ1) is 15.6. The van der Waals surface area contributed by atoms with E-state index in [2.05, 4.69) is 10.3 Å². The molecule has 1 aromatic heterocycles. The van der Waals surface area contributed by atoms with Gasteiger partial charge in [-0.05, 0) is 50.8 Å². The number of nitrogens with one attached hydrogen (secondary N) is 1. The van der Waals surface area contributed by atoms with E-state index in [1.165, 1.54) is 0 Å². The Bertz CT molecular complexity index is 665. The van der Waals surface area contributed by atoms with E-state index in [-0.39, 0.29) is 11.9 Å². The molecule has 22 heavy (non-hydrogen) atoms. The lowest BCUT2D eigenvalue weighted by molar-refractivity contribution is -0.149. The van der Waals surface area contributed by atoms with Crippen LogP contribution in [-0.2, 0) is 9.53 Å². The number of nitrogens with zero attached hydrogens (tertiary/aromatic N) is 1. The van der Waals surface area contributed by atoms with Crippen LogP contribution in [0.1, 0.15) is 32.6 Å². The zero-order chi connectivity index (χ0) is 15.5. The fourth-order valence-corrected chi connectivity index (χ4v) is 4.09. The van der Waals surface area contributed by atoms with Crippen LogP contribution in [0.25, 0.3) is 10.2 Å². The predicted octanol–water partition coefficient (Wildman–Crippen LogP) is 4.48.